The molecule has 0 saturated heterocycles. The smallest absolute Gasteiger partial charge is 0.234 e. The van der Waals surface area contributed by atoms with Crippen LogP contribution in [-0.4, -0.2) is 43.2 Å². The number of nitrogens with zero attached hydrogens (tertiary/aromatic N) is 1. The van der Waals surface area contributed by atoms with Crippen LogP contribution in [0.2, 0.25) is 0 Å². The van der Waals surface area contributed by atoms with Gasteiger partial charge in [0.15, 0.2) is 0 Å². The fourth-order valence-corrected chi connectivity index (χ4v) is 1.46. The van der Waals surface area contributed by atoms with Crippen molar-refractivity contribution in [1.82, 2.24) is 4.90 Å². The number of carbonyl (C=O) groups is 1. The van der Waals surface area contributed by atoms with Gasteiger partial charge in [-0.1, -0.05) is 0 Å². The molecule has 0 aromatic heterocycles. The average molecular weight is 186 g/mol. The van der Waals surface area contributed by atoms with Gasteiger partial charge < -0.3 is 10.5 Å². The van der Waals surface area contributed by atoms with E-state index < -0.39 is 0 Å². The molecule has 0 spiro atoms. The Balaban J connectivity index is 2.40. The summed E-state index contributed by atoms with van der Waals surface area (Å²) in [4.78, 5) is 13.1. The summed E-state index contributed by atoms with van der Waals surface area (Å²) in [5.74, 6) is -0.247. The lowest BCUT2D eigenvalue weighted by Crippen LogP contribution is -2.45. The van der Waals surface area contributed by atoms with E-state index in [1.165, 1.54) is 12.8 Å². The van der Waals surface area contributed by atoms with Crippen LogP contribution in [0.15, 0.2) is 0 Å². The Bertz CT molecular complexity index is 180. The lowest BCUT2D eigenvalue weighted by atomic mass is 10.2. The SMILES string of the molecule is COCCN(C1CC1)C(C)C(N)=O. The van der Waals surface area contributed by atoms with E-state index in [0.29, 0.717) is 12.6 Å². The minimum Gasteiger partial charge on any atom is -0.383 e. The van der Waals surface area contributed by atoms with Gasteiger partial charge in [0, 0.05) is 19.7 Å². The number of hydrogen-bond donors (Lipinski definition) is 1. The molecule has 1 amide bonds. The third kappa shape index (κ3) is 2.97. The molecule has 0 aromatic carbocycles. The fourth-order valence-electron chi connectivity index (χ4n) is 1.46. The van der Waals surface area contributed by atoms with Crippen molar-refractivity contribution in [2.45, 2.75) is 31.8 Å². The molecule has 1 aliphatic carbocycles. The Hall–Kier alpha value is -0.610. The first kappa shape index (κ1) is 10.5. The Morgan fingerprint density at radius 1 is 1.69 bits per heavy atom. The molecule has 1 atom stereocenters. The predicted molar refractivity (Wildman–Crippen MR) is 50.3 cm³/mol. The summed E-state index contributed by atoms with van der Waals surface area (Å²) in [6.07, 6.45) is 2.36. The zero-order chi connectivity index (χ0) is 9.84. The first-order chi connectivity index (χ1) is 6.16. The minimum atomic E-state index is -0.247. The molecule has 1 rings (SSSR count). The Kier molecular flexibility index (Phi) is 3.69. The van der Waals surface area contributed by atoms with Gasteiger partial charge in [0.1, 0.15) is 0 Å². The lowest BCUT2D eigenvalue weighted by Gasteiger charge is -2.26. The van der Waals surface area contributed by atoms with Crippen LogP contribution >= 0.6 is 0 Å². The van der Waals surface area contributed by atoms with Gasteiger partial charge in [-0.25, -0.2) is 0 Å². The number of nitrogens with two attached hydrogens (primary N) is 1. The molecule has 0 bridgehead atoms. The van der Waals surface area contributed by atoms with E-state index in [1.807, 2.05) is 6.92 Å². The molecule has 2 N–H and O–H groups in total. The highest BCUT2D eigenvalue weighted by Gasteiger charge is 2.33. The van der Waals surface area contributed by atoms with Crippen LogP contribution in [0.1, 0.15) is 19.8 Å². The number of primary amides is 1. The van der Waals surface area contributed by atoms with Crippen LogP contribution in [0.3, 0.4) is 0 Å². The zero-order valence-electron chi connectivity index (χ0n) is 8.32. The van der Waals surface area contributed by atoms with Crippen molar-refractivity contribution in [3.63, 3.8) is 0 Å². The van der Waals surface area contributed by atoms with Gasteiger partial charge in [-0.3, -0.25) is 9.69 Å². The molecule has 0 heterocycles. The lowest BCUT2D eigenvalue weighted by molar-refractivity contribution is -0.123. The van der Waals surface area contributed by atoms with Gasteiger partial charge in [-0.05, 0) is 19.8 Å². The molecule has 76 valence electrons. The molecule has 1 unspecified atom stereocenters. The minimum absolute atomic E-state index is 0.164. The molecule has 4 nitrogen and oxygen atoms in total. The summed E-state index contributed by atoms with van der Waals surface area (Å²) in [5, 5.41) is 0. The molecule has 0 radical (unpaired) electrons. The van der Waals surface area contributed by atoms with E-state index >= 15 is 0 Å². The summed E-state index contributed by atoms with van der Waals surface area (Å²) < 4.78 is 4.99. The number of hydrogen-bond acceptors (Lipinski definition) is 3. The maximum Gasteiger partial charge on any atom is 0.234 e. The number of carbonyl (C=O) groups excluding carboxylic acids is 1. The first-order valence-electron chi connectivity index (χ1n) is 4.70. The van der Waals surface area contributed by atoms with Crippen molar-refractivity contribution >= 4 is 5.91 Å². The first-order valence-corrected chi connectivity index (χ1v) is 4.70. The van der Waals surface area contributed by atoms with Crippen molar-refractivity contribution < 1.29 is 9.53 Å². The highest BCUT2D eigenvalue weighted by atomic mass is 16.5. The topological polar surface area (TPSA) is 55.6 Å². The standard InChI is InChI=1S/C9H18N2O2/c1-7(9(10)12)11(5-6-13-2)8-3-4-8/h7-8H,3-6H2,1-2H3,(H2,10,12). The Labute approximate surface area is 79.0 Å². The number of ether oxygens (including phenoxy) is 1. The van der Waals surface area contributed by atoms with Gasteiger partial charge in [-0.15, -0.1) is 0 Å². The van der Waals surface area contributed by atoms with E-state index in [1.54, 1.807) is 7.11 Å². The average Bonchev–Trinajstić information content (AvgIpc) is 2.88. The van der Waals surface area contributed by atoms with Crippen molar-refractivity contribution in [2.75, 3.05) is 20.3 Å². The van der Waals surface area contributed by atoms with E-state index in [2.05, 4.69) is 4.90 Å². The van der Waals surface area contributed by atoms with Crippen LogP contribution in [0.25, 0.3) is 0 Å². The summed E-state index contributed by atoms with van der Waals surface area (Å²) in [6, 6.07) is 0.389. The summed E-state index contributed by atoms with van der Waals surface area (Å²) in [6.45, 7) is 3.32. The van der Waals surface area contributed by atoms with Crippen LogP contribution < -0.4 is 5.73 Å². The monoisotopic (exact) mass is 186 g/mol. The third-order valence-electron chi connectivity index (χ3n) is 2.48. The molecule has 1 fully saturated rings. The number of amides is 1. The fraction of sp³-hybridized carbons (Fsp3) is 0.889. The van der Waals surface area contributed by atoms with Crippen LogP contribution in [0, 0.1) is 0 Å². The second kappa shape index (κ2) is 4.58. The highest BCUT2D eigenvalue weighted by Crippen LogP contribution is 2.28. The molecule has 4 heteroatoms. The Morgan fingerprint density at radius 2 is 2.31 bits per heavy atom. The second-order valence-electron chi connectivity index (χ2n) is 3.54. The molecule has 1 saturated carbocycles. The van der Waals surface area contributed by atoms with Gasteiger partial charge >= 0.3 is 0 Å². The second-order valence-corrected chi connectivity index (χ2v) is 3.54. The summed E-state index contributed by atoms with van der Waals surface area (Å²) in [5.41, 5.74) is 5.25. The quantitative estimate of drug-likeness (QED) is 0.634. The van der Waals surface area contributed by atoms with Crippen molar-refractivity contribution in [1.29, 1.82) is 0 Å². The van der Waals surface area contributed by atoms with Crippen LogP contribution in [0.4, 0.5) is 0 Å². The van der Waals surface area contributed by atoms with Crippen molar-refractivity contribution in [3.8, 4) is 0 Å². The molecular weight excluding hydrogens is 168 g/mol. The van der Waals surface area contributed by atoms with Gasteiger partial charge in [-0.2, -0.15) is 0 Å². The predicted octanol–water partition coefficient (Wildman–Crippen LogP) is -0.0290. The highest BCUT2D eigenvalue weighted by molar-refractivity contribution is 5.79. The van der Waals surface area contributed by atoms with Gasteiger partial charge in [0.2, 0.25) is 5.91 Å². The molecular formula is C9H18N2O2. The van der Waals surface area contributed by atoms with Crippen molar-refractivity contribution in [2.24, 2.45) is 5.73 Å². The van der Waals surface area contributed by atoms with Crippen LogP contribution in [-0.2, 0) is 9.53 Å². The van der Waals surface area contributed by atoms with Crippen molar-refractivity contribution in [3.05, 3.63) is 0 Å². The zero-order valence-corrected chi connectivity index (χ0v) is 8.32. The maximum atomic E-state index is 11.0. The third-order valence-corrected chi connectivity index (χ3v) is 2.48. The normalized spacial score (nSPS) is 19.0. The van der Waals surface area contributed by atoms with E-state index in [-0.39, 0.29) is 11.9 Å². The molecule has 0 aliphatic heterocycles. The van der Waals surface area contributed by atoms with Gasteiger partial charge in [0.05, 0.1) is 12.6 Å². The largest absolute Gasteiger partial charge is 0.383 e. The molecule has 13 heavy (non-hydrogen) atoms. The Morgan fingerprint density at radius 3 is 2.69 bits per heavy atom. The van der Waals surface area contributed by atoms with E-state index in [0.717, 1.165) is 6.54 Å². The maximum absolute atomic E-state index is 11.0. The number of methoxy groups -OCH3 is 1. The summed E-state index contributed by atoms with van der Waals surface area (Å²) in [7, 11) is 1.67. The number of rotatable bonds is 6. The molecule has 0 aromatic rings. The van der Waals surface area contributed by atoms with Crippen LogP contribution in [0.5, 0.6) is 0 Å². The molecule has 1 aliphatic rings. The summed E-state index contributed by atoms with van der Waals surface area (Å²) >= 11 is 0. The van der Waals surface area contributed by atoms with E-state index in [9.17, 15) is 4.79 Å². The van der Waals surface area contributed by atoms with Gasteiger partial charge in [0.25, 0.3) is 0 Å². The van der Waals surface area contributed by atoms with E-state index in [4.69, 9.17) is 10.5 Å².